The number of amides is 1. The normalized spacial score (nSPS) is 11.4. The van der Waals surface area contributed by atoms with Crippen molar-refractivity contribution in [2.24, 2.45) is 5.73 Å². The molecule has 4 rings (SSSR count). The maximum Gasteiger partial charge on any atom is 0.248 e. The Balaban J connectivity index is 1.61. The van der Waals surface area contributed by atoms with Crippen LogP contribution >= 0.6 is 11.8 Å². The smallest absolute Gasteiger partial charge is 0.248 e. The third kappa shape index (κ3) is 6.17. The highest BCUT2D eigenvalue weighted by Gasteiger charge is 2.18. The first-order valence-electron chi connectivity index (χ1n) is 12.1. The average molecular weight is 516 g/mol. The second kappa shape index (κ2) is 11.1. The molecule has 3 N–H and O–H groups in total. The Bertz CT molecular complexity index is 1310. The molecule has 0 saturated carbocycles. The molecule has 37 heavy (non-hydrogen) atoms. The Morgan fingerprint density at radius 3 is 2.05 bits per heavy atom. The van der Waals surface area contributed by atoms with E-state index in [0.29, 0.717) is 12.0 Å². The number of nitrogens with zero attached hydrogens (tertiary/aromatic N) is 1. The van der Waals surface area contributed by atoms with Crippen LogP contribution in [0.2, 0.25) is 0 Å². The third-order valence-corrected chi connectivity index (χ3v) is 7.15. The van der Waals surface area contributed by atoms with Crippen LogP contribution in [0.15, 0.2) is 71.9 Å². The van der Waals surface area contributed by atoms with Crippen molar-refractivity contribution in [2.75, 3.05) is 20.0 Å². The number of primary amides is 1. The number of rotatable bonds is 9. The van der Waals surface area contributed by atoms with Crippen LogP contribution in [0.3, 0.4) is 0 Å². The number of aromatic amines is 1. The molecule has 0 saturated heterocycles. The Morgan fingerprint density at radius 2 is 1.51 bits per heavy atom. The van der Waals surface area contributed by atoms with Gasteiger partial charge >= 0.3 is 0 Å². The maximum absolute atomic E-state index is 12.0. The van der Waals surface area contributed by atoms with E-state index in [1.54, 1.807) is 26.0 Å². The van der Waals surface area contributed by atoms with Crippen molar-refractivity contribution in [3.8, 4) is 34.0 Å². The van der Waals surface area contributed by atoms with E-state index in [1.807, 2.05) is 60.7 Å². The summed E-state index contributed by atoms with van der Waals surface area (Å²) in [6.07, 6.45) is 0.698. The zero-order valence-corrected chi connectivity index (χ0v) is 22.7. The lowest BCUT2D eigenvalue weighted by atomic mass is 9.85. The van der Waals surface area contributed by atoms with E-state index >= 15 is 0 Å². The van der Waals surface area contributed by atoms with Crippen molar-refractivity contribution < 1.29 is 14.3 Å². The largest absolute Gasteiger partial charge is 0.497 e. The van der Waals surface area contributed by atoms with Crippen molar-refractivity contribution >= 4 is 17.7 Å². The van der Waals surface area contributed by atoms with E-state index in [-0.39, 0.29) is 5.41 Å². The van der Waals surface area contributed by atoms with E-state index in [1.165, 1.54) is 5.56 Å². The number of nitrogens with two attached hydrogens (primary N) is 1. The molecule has 0 radical (unpaired) electrons. The van der Waals surface area contributed by atoms with E-state index in [4.69, 9.17) is 20.2 Å². The SMILES string of the molecule is COc1ccc(-c2nc(SCCc3cc(C(C)(C)C)ccc3C(N)=O)[nH]c2-c2ccc(OC)cc2)cc1. The first-order valence-corrected chi connectivity index (χ1v) is 13.1. The number of thioether (sulfide) groups is 1. The Morgan fingerprint density at radius 1 is 0.919 bits per heavy atom. The molecular formula is C30H33N3O3S. The van der Waals surface area contributed by atoms with Crippen LogP contribution in [0.1, 0.15) is 42.3 Å². The van der Waals surface area contributed by atoms with Crippen LogP contribution in [0.25, 0.3) is 22.5 Å². The summed E-state index contributed by atoms with van der Waals surface area (Å²) in [4.78, 5) is 20.5. The van der Waals surface area contributed by atoms with Crippen LogP contribution in [0, 0.1) is 0 Å². The minimum absolute atomic E-state index is 0.0143. The molecule has 0 bridgehead atoms. The van der Waals surface area contributed by atoms with Crippen molar-refractivity contribution in [1.29, 1.82) is 0 Å². The van der Waals surface area contributed by atoms with Crippen LogP contribution in [-0.2, 0) is 11.8 Å². The molecule has 0 aliphatic heterocycles. The number of carbonyl (C=O) groups excluding carboxylic acids is 1. The number of hydrogen-bond donors (Lipinski definition) is 2. The van der Waals surface area contributed by atoms with Crippen molar-refractivity contribution in [2.45, 2.75) is 37.8 Å². The molecule has 0 aliphatic rings. The van der Waals surface area contributed by atoms with Gasteiger partial charge in [-0.25, -0.2) is 4.98 Å². The van der Waals surface area contributed by atoms with Crippen LogP contribution in [-0.4, -0.2) is 35.8 Å². The van der Waals surface area contributed by atoms with Crippen molar-refractivity contribution in [3.63, 3.8) is 0 Å². The molecule has 3 aromatic carbocycles. The minimum atomic E-state index is -0.401. The number of nitrogens with one attached hydrogen (secondary N) is 1. The van der Waals surface area contributed by atoms with Crippen LogP contribution in [0.4, 0.5) is 0 Å². The quantitative estimate of drug-likeness (QED) is 0.249. The standard InChI is InChI=1S/C30H33N3O3S/c1-30(2,3)22-10-15-25(28(31)34)21(18-22)16-17-37-29-32-26(19-6-11-23(35-4)12-7-19)27(33-29)20-8-13-24(36-5)14-9-20/h6-15,18H,16-17H2,1-5H3,(H2,31,34)(H,32,33). The van der Waals surface area contributed by atoms with Crippen molar-refractivity contribution in [1.82, 2.24) is 9.97 Å². The predicted octanol–water partition coefficient (Wildman–Crippen LogP) is 6.49. The van der Waals surface area contributed by atoms with Gasteiger partial charge in [0.2, 0.25) is 5.91 Å². The number of carbonyl (C=O) groups is 1. The van der Waals surface area contributed by atoms with E-state index in [0.717, 1.165) is 50.5 Å². The maximum atomic E-state index is 12.0. The summed E-state index contributed by atoms with van der Waals surface area (Å²) < 4.78 is 10.6. The fraction of sp³-hybridized carbons (Fsp3) is 0.267. The molecular weight excluding hydrogens is 482 g/mol. The Labute approximate surface area is 222 Å². The number of methoxy groups -OCH3 is 2. The highest BCUT2D eigenvalue weighted by Crippen LogP contribution is 2.34. The van der Waals surface area contributed by atoms with E-state index < -0.39 is 5.91 Å². The highest BCUT2D eigenvalue weighted by molar-refractivity contribution is 7.99. The van der Waals surface area contributed by atoms with Crippen LogP contribution < -0.4 is 15.2 Å². The van der Waals surface area contributed by atoms with Crippen molar-refractivity contribution in [3.05, 3.63) is 83.4 Å². The number of hydrogen-bond acceptors (Lipinski definition) is 5. The van der Waals surface area contributed by atoms with Gasteiger partial charge in [-0.15, -0.1) is 0 Å². The lowest BCUT2D eigenvalue weighted by Crippen LogP contribution is -2.17. The van der Waals surface area contributed by atoms with Gasteiger partial charge in [-0.3, -0.25) is 4.79 Å². The lowest BCUT2D eigenvalue weighted by Gasteiger charge is -2.21. The minimum Gasteiger partial charge on any atom is -0.497 e. The molecule has 1 aromatic heterocycles. The second-order valence-corrected chi connectivity index (χ2v) is 10.9. The molecule has 0 spiro atoms. The molecule has 4 aromatic rings. The topological polar surface area (TPSA) is 90.2 Å². The number of aryl methyl sites for hydroxylation is 1. The summed E-state index contributed by atoms with van der Waals surface area (Å²) in [5, 5.41) is 0.809. The third-order valence-electron chi connectivity index (χ3n) is 6.27. The molecule has 1 heterocycles. The first-order chi connectivity index (χ1) is 17.7. The second-order valence-electron chi connectivity index (χ2n) is 9.81. The zero-order valence-electron chi connectivity index (χ0n) is 21.9. The van der Waals surface area contributed by atoms with Gasteiger partial charge in [-0.2, -0.15) is 0 Å². The van der Waals surface area contributed by atoms with Gasteiger partial charge in [0.15, 0.2) is 5.16 Å². The fourth-order valence-corrected chi connectivity index (χ4v) is 4.95. The number of H-pyrrole nitrogens is 1. The van der Waals surface area contributed by atoms with Gasteiger partial charge in [0, 0.05) is 22.4 Å². The van der Waals surface area contributed by atoms with E-state index in [2.05, 4.69) is 31.8 Å². The van der Waals surface area contributed by atoms with Gasteiger partial charge in [0.25, 0.3) is 0 Å². The fourth-order valence-electron chi connectivity index (χ4n) is 4.11. The van der Waals surface area contributed by atoms with Gasteiger partial charge < -0.3 is 20.2 Å². The Kier molecular flexibility index (Phi) is 7.93. The number of imidazole rings is 1. The van der Waals surface area contributed by atoms with Gasteiger partial charge in [-0.05, 0) is 77.6 Å². The molecule has 6 nitrogen and oxygen atoms in total. The molecule has 0 unspecified atom stereocenters. The van der Waals surface area contributed by atoms with Gasteiger partial charge in [0.1, 0.15) is 11.5 Å². The highest BCUT2D eigenvalue weighted by atomic mass is 32.2. The zero-order chi connectivity index (χ0) is 26.6. The molecule has 0 aliphatic carbocycles. The Hall–Kier alpha value is -3.71. The summed E-state index contributed by atoms with van der Waals surface area (Å²) in [6, 6.07) is 21.7. The number of aromatic nitrogens is 2. The van der Waals surface area contributed by atoms with Crippen LogP contribution in [0.5, 0.6) is 11.5 Å². The number of ether oxygens (including phenoxy) is 2. The van der Waals surface area contributed by atoms with Gasteiger partial charge in [0.05, 0.1) is 25.6 Å². The monoisotopic (exact) mass is 515 g/mol. The summed E-state index contributed by atoms with van der Waals surface area (Å²) in [6.45, 7) is 6.49. The average Bonchev–Trinajstić information content (AvgIpc) is 3.32. The van der Waals surface area contributed by atoms with E-state index in [9.17, 15) is 4.79 Å². The summed E-state index contributed by atoms with van der Waals surface area (Å²) in [5.74, 6) is 1.93. The molecule has 7 heteroatoms. The number of benzene rings is 3. The molecule has 1 amide bonds. The first kappa shape index (κ1) is 26.4. The van der Waals surface area contributed by atoms with Gasteiger partial charge in [-0.1, -0.05) is 44.7 Å². The summed E-state index contributed by atoms with van der Waals surface area (Å²) in [7, 11) is 3.31. The molecule has 0 atom stereocenters. The molecule has 0 fully saturated rings. The predicted molar refractivity (Wildman–Crippen MR) is 151 cm³/mol. The summed E-state index contributed by atoms with van der Waals surface area (Å²) in [5.41, 5.74) is 12.2. The molecule has 192 valence electrons. The summed E-state index contributed by atoms with van der Waals surface area (Å²) >= 11 is 1.62. The lowest BCUT2D eigenvalue weighted by molar-refractivity contribution is 0.0999.